The lowest BCUT2D eigenvalue weighted by atomic mass is 10.1. The molecule has 3 nitrogen and oxygen atoms in total. The van der Waals surface area contributed by atoms with E-state index in [1.165, 1.54) is 76.9 Å². The van der Waals surface area contributed by atoms with Crippen LogP contribution in [-0.4, -0.2) is 5.97 Å². The summed E-state index contributed by atoms with van der Waals surface area (Å²) in [4.78, 5) is 11.6. The van der Waals surface area contributed by atoms with Gasteiger partial charge in [0.2, 0.25) is 0 Å². The zero-order valence-electron chi connectivity index (χ0n) is 17.1. The molecule has 0 N–H and O–H groups in total. The van der Waals surface area contributed by atoms with E-state index >= 15 is 0 Å². The highest BCUT2D eigenvalue weighted by Crippen LogP contribution is 2.11. The molecule has 0 spiro atoms. The van der Waals surface area contributed by atoms with E-state index < -0.39 is 0 Å². The molecule has 0 heterocycles. The van der Waals surface area contributed by atoms with Crippen LogP contribution in [0, 0.1) is 0 Å². The minimum atomic E-state index is -0.238. The Labute approximate surface area is 161 Å². The molecule has 0 saturated carbocycles. The van der Waals surface area contributed by atoms with Gasteiger partial charge in [0.15, 0.2) is 0 Å². The average Bonchev–Trinajstić information content (AvgIpc) is 2.64. The largest absolute Gasteiger partial charge is 0.435 e. The van der Waals surface area contributed by atoms with E-state index in [-0.39, 0.29) is 11.9 Å². The van der Waals surface area contributed by atoms with Gasteiger partial charge < -0.3 is 9.47 Å². The lowest BCUT2D eigenvalue weighted by Gasteiger charge is -2.06. The molecule has 3 heteroatoms. The number of allylic oxidation sites excluding steroid dienone is 3. The zero-order chi connectivity index (χ0) is 19.3. The van der Waals surface area contributed by atoms with Crippen molar-refractivity contribution in [3.63, 3.8) is 0 Å². The molecule has 26 heavy (non-hydrogen) atoms. The topological polar surface area (TPSA) is 35.5 Å². The monoisotopic (exact) mass is 364 g/mol. The molecule has 0 aliphatic heterocycles. The predicted octanol–water partition coefficient (Wildman–Crippen LogP) is 7.59. The van der Waals surface area contributed by atoms with Gasteiger partial charge in [0.25, 0.3) is 5.95 Å². The fourth-order valence-electron chi connectivity index (χ4n) is 2.74. The van der Waals surface area contributed by atoms with Gasteiger partial charge in [0.1, 0.15) is 0 Å². The highest BCUT2D eigenvalue weighted by atomic mass is 16.7. The van der Waals surface area contributed by atoms with E-state index in [2.05, 4.69) is 25.7 Å². The molecule has 0 radical (unpaired) electrons. The Hall–Kier alpha value is -1.51. The normalized spacial score (nSPS) is 11.7. The van der Waals surface area contributed by atoms with Gasteiger partial charge in [-0.25, -0.2) is 0 Å². The van der Waals surface area contributed by atoms with Crippen molar-refractivity contribution in [3.05, 3.63) is 37.0 Å². The minimum Gasteiger partial charge on any atom is -0.435 e. The third kappa shape index (κ3) is 17.3. The summed E-state index contributed by atoms with van der Waals surface area (Å²) >= 11 is 0. The molecule has 150 valence electrons. The number of esters is 1. The standard InChI is InChI=1S/C23H40O3/c1-4-7-8-9-10-11-12-13-14-15-16-17-18-19-20-21-22(24)26-23(5-2)25-6-3/h5-6,13-14H,3-4,7-12,15-21H2,1-2H3/b14-13-,23-5-. The van der Waals surface area contributed by atoms with Gasteiger partial charge >= 0.3 is 5.97 Å². The zero-order valence-corrected chi connectivity index (χ0v) is 17.1. The van der Waals surface area contributed by atoms with Crippen LogP contribution >= 0.6 is 0 Å². The van der Waals surface area contributed by atoms with Crippen molar-refractivity contribution < 1.29 is 14.3 Å². The van der Waals surface area contributed by atoms with Gasteiger partial charge in [-0.2, -0.15) is 0 Å². The second-order valence-electron chi connectivity index (χ2n) is 6.70. The molecule has 0 aromatic carbocycles. The summed E-state index contributed by atoms with van der Waals surface area (Å²) in [5, 5.41) is 0. The molecule has 0 aromatic heterocycles. The Morgan fingerprint density at radius 1 is 0.846 bits per heavy atom. The van der Waals surface area contributed by atoms with Gasteiger partial charge in [0, 0.05) is 6.42 Å². The van der Waals surface area contributed by atoms with E-state index in [9.17, 15) is 4.79 Å². The molecule has 0 aromatic rings. The van der Waals surface area contributed by atoms with E-state index in [0.29, 0.717) is 6.42 Å². The van der Waals surface area contributed by atoms with Gasteiger partial charge in [0.05, 0.1) is 6.26 Å². The molecule has 0 amide bonds. The van der Waals surface area contributed by atoms with Crippen molar-refractivity contribution in [2.75, 3.05) is 0 Å². The van der Waals surface area contributed by atoms with Crippen molar-refractivity contribution in [2.24, 2.45) is 0 Å². The van der Waals surface area contributed by atoms with Crippen LogP contribution < -0.4 is 0 Å². The van der Waals surface area contributed by atoms with Crippen LogP contribution in [0.3, 0.4) is 0 Å². The van der Waals surface area contributed by atoms with Crippen molar-refractivity contribution in [3.8, 4) is 0 Å². The summed E-state index contributed by atoms with van der Waals surface area (Å²) in [6.07, 6.45) is 24.2. The highest BCUT2D eigenvalue weighted by molar-refractivity contribution is 5.70. The maximum absolute atomic E-state index is 11.6. The van der Waals surface area contributed by atoms with Gasteiger partial charge in [-0.05, 0) is 45.1 Å². The molecule has 0 fully saturated rings. The Balaban J connectivity index is 3.36. The second kappa shape index (κ2) is 19.8. The molecular formula is C23H40O3. The lowest BCUT2D eigenvalue weighted by Crippen LogP contribution is -2.05. The van der Waals surface area contributed by atoms with E-state index in [0.717, 1.165) is 12.8 Å². The van der Waals surface area contributed by atoms with Crippen molar-refractivity contribution in [1.29, 1.82) is 0 Å². The van der Waals surface area contributed by atoms with Crippen LogP contribution in [0.4, 0.5) is 0 Å². The molecular weight excluding hydrogens is 324 g/mol. The Kier molecular flexibility index (Phi) is 18.7. The van der Waals surface area contributed by atoms with Crippen molar-refractivity contribution >= 4 is 5.97 Å². The smallest absolute Gasteiger partial charge is 0.313 e. The molecule has 0 rings (SSSR count). The van der Waals surface area contributed by atoms with Crippen LogP contribution in [0.25, 0.3) is 0 Å². The van der Waals surface area contributed by atoms with Gasteiger partial charge in [-0.15, -0.1) is 0 Å². The summed E-state index contributed by atoms with van der Waals surface area (Å²) in [5.41, 5.74) is 0. The summed E-state index contributed by atoms with van der Waals surface area (Å²) in [6.45, 7) is 7.46. The molecule has 0 bridgehead atoms. The maximum Gasteiger partial charge on any atom is 0.313 e. The van der Waals surface area contributed by atoms with Crippen molar-refractivity contribution in [1.82, 2.24) is 0 Å². The quantitative estimate of drug-likeness (QED) is 0.109. The summed E-state index contributed by atoms with van der Waals surface area (Å²) in [7, 11) is 0. The molecule has 0 atom stereocenters. The number of carbonyl (C=O) groups excluding carboxylic acids is 1. The highest BCUT2D eigenvalue weighted by Gasteiger charge is 2.06. The number of carbonyl (C=O) groups is 1. The second-order valence-corrected chi connectivity index (χ2v) is 6.70. The summed E-state index contributed by atoms with van der Waals surface area (Å²) in [5.74, 6) is -0.0321. The molecule has 0 unspecified atom stereocenters. The first-order valence-electron chi connectivity index (χ1n) is 10.5. The predicted molar refractivity (Wildman–Crippen MR) is 111 cm³/mol. The van der Waals surface area contributed by atoms with Gasteiger partial charge in [-0.3, -0.25) is 4.79 Å². The van der Waals surface area contributed by atoms with Crippen LogP contribution in [0.5, 0.6) is 0 Å². The third-order valence-corrected chi connectivity index (χ3v) is 4.29. The Bertz CT molecular complexity index is 396. The molecule has 0 saturated heterocycles. The fraction of sp³-hybridized carbons (Fsp3) is 0.696. The van der Waals surface area contributed by atoms with Gasteiger partial charge in [-0.1, -0.05) is 77.0 Å². The van der Waals surface area contributed by atoms with E-state index in [1.807, 2.05) is 0 Å². The first kappa shape index (κ1) is 24.5. The molecule has 0 aliphatic rings. The molecule has 0 aliphatic carbocycles. The maximum atomic E-state index is 11.6. The van der Waals surface area contributed by atoms with E-state index in [1.54, 1.807) is 13.0 Å². The number of hydrogen-bond donors (Lipinski definition) is 0. The Morgan fingerprint density at radius 2 is 1.38 bits per heavy atom. The van der Waals surface area contributed by atoms with Crippen LogP contribution in [-0.2, 0) is 14.3 Å². The number of rotatable bonds is 18. The SMILES string of the molecule is C=CO/C(=C/C)OC(=O)CCCCCCC/C=C\CCCCCCCC. The third-order valence-electron chi connectivity index (χ3n) is 4.29. The minimum absolute atomic E-state index is 0.206. The lowest BCUT2D eigenvalue weighted by molar-refractivity contribution is -0.143. The first-order valence-corrected chi connectivity index (χ1v) is 10.5. The number of hydrogen-bond acceptors (Lipinski definition) is 3. The van der Waals surface area contributed by atoms with Crippen LogP contribution in [0.1, 0.15) is 104 Å². The fourth-order valence-corrected chi connectivity index (χ4v) is 2.74. The van der Waals surface area contributed by atoms with Crippen LogP contribution in [0.2, 0.25) is 0 Å². The first-order chi connectivity index (χ1) is 12.7. The number of unbranched alkanes of at least 4 members (excludes halogenated alkanes) is 11. The average molecular weight is 365 g/mol. The Morgan fingerprint density at radius 3 is 1.92 bits per heavy atom. The van der Waals surface area contributed by atoms with Crippen LogP contribution in [0.15, 0.2) is 37.0 Å². The number of ether oxygens (including phenoxy) is 2. The summed E-state index contributed by atoms with van der Waals surface area (Å²) in [6, 6.07) is 0. The summed E-state index contributed by atoms with van der Waals surface area (Å²) < 4.78 is 10.0. The van der Waals surface area contributed by atoms with E-state index in [4.69, 9.17) is 9.47 Å². The van der Waals surface area contributed by atoms with Crippen molar-refractivity contribution in [2.45, 2.75) is 104 Å².